The molecule has 0 aromatic heterocycles. The minimum absolute atomic E-state index is 0.0578. The van der Waals surface area contributed by atoms with Crippen molar-refractivity contribution in [3.05, 3.63) is 39.4 Å². The number of nitrogens with zero attached hydrogens (tertiary/aromatic N) is 1. The Balaban J connectivity index is 3.49. The summed E-state index contributed by atoms with van der Waals surface area (Å²) in [7, 11) is 0. The first-order valence-electron chi connectivity index (χ1n) is 5.74. The van der Waals surface area contributed by atoms with Crippen molar-refractivity contribution in [1.82, 2.24) is 0 Å². The number of benzene rings is 1. The smallest absolute Gasteiger partial charge is 0.258 e. The van der Waals surface area contributed by atoms with Crippen LogP contribution in [0.5, 0.6) is 0 Å². The molecule has 0 saturated carbocycles. The Kier molecular flexibility index (Phi) is 3.33. The maximum atomic E-state index is 10.8. The third kappa shape index (κ3) is 3.05. The fourth-order valence-corrected chi connectivity index (χ4v) is 1.80. The topological polar surface area (TPSA) is 43.1 Å². The van der Waals surface area contributed by atoms with Crippen molar-refractivity contribution in [3.8, 4) is 0 Å². The van der Waals surface area contributed by atoms with E-state index in [0.717, 1.165) is 11.1 Å². The summed E-state index contributed by atoms with van der Waals surface area (Å²) >= 11 is 0. The van der Waals surface area contributed by atoms with Gasteiger partial charge in [0.25, 0.3) is 5.69 Å². The molecule has 0 aliphatic heterocycles. The van der Waals surface area contributed by atoms with E-state index in [9.17, 15) is 10.1 Å². The predicted octanol–water partition coefficient (Wildman–Crippen LogP) is 3.99. The molecule has 3 heteroatoms. The van der Waals surface area contributed by atoms with Crippen molar-refractivity contribution in [2.75, 3.05) is 0 Å². The average molecular weight is 234 g/mol. The van der Waals surface area contributed by atoms with Gasteiger partial charge < -0.3 is 0 Å². The third-order valence-corrected chi connectivity index (χ3v) is 2.69. The fourth-order valence-electron chi connectivity index (χ4n) is 1.80. The van der Waals surface area contributed by atoms with Gasteiger partial charge in [-0.3, -0.25) is 10.1 Å². The fraction of sp³-hybridized carbons (Fsp3) is 0.571. The molecule has 0 bridgehead atoms. The number of nitro benzene ring substituents is 1. The highest BCUT2D eigenvalue weighted by molar-refractivity contribution is 5.45. The Morgan fingerprint density at radius 2 is 1.65 bits per heavy atom. The van der Waals surface area contributed by atoms with Crippen LogP contribution < -0.4 is 0 Å². The lowest BCUT2D eigenvalue weighted by Crippen LogP contribution is -2.22. The van der Waals surface area contributed by atoms with Crippen LogP contribution in [-0.2, 0) is 10.8 Å². The summed E-state index contributed by atoms with van der Waals surface area (Å²) in [5.74, 6) is 0. The number of hydrogen-bond donors (Lipinski definition) is 0. The van der Waals surface area contributed by atoms with E-state index in [2.05, 4.69) is 47.6 Å². The van der Waals surface area contributed by atoms with E-state index in [4.69, 9.17) is 0 Å². The molecule has 3 nitrogen and oxygen atoms in total. The molecule has 1 rings (SSSR count). The molecule has 0 atom stereocenters. The van der Waals surface area contributed by atoms with Crippen LogP contribution in [0.2, 0.25) is 0 Å². The summed E-state index contributed by atoms with van der Waals surface area (Å²) in [6.07, 6.45) is 0. The van der Waals surface area contributed by atoms with E-state index >= 15 is 0 Å². The second-order valence-electron chi connectivity index (χ2n) is 6.40. The largest absolute Gasteiger partial charge is 0.270 e. The number of hydrogen-bond acceptors (Lipinski definition) is 2. The summed E-state index contributed by atoms with van der Waals surface area (Å²) in [6, 6.07) is 6.24. The molecular weight excluding hydrogens is 214 g/mol. The minimum atomic E-state index is -0.363. The molecule has 0 N–H and O–H groups in total. The Morgan fingerprint density at radius 1 is 1.12 bits per heavy atom. The number of nitro groups is 1. The maximum Gasteiger partial charge on any atom is 0.270 e. The van der Waals surface area contributed by atoms with E-state index in [1.54, 1.807) is 6.07 Å². The Morgan fingerprint density at radius 3 is 2.00 bits per heavy atom. The second kappa shape index (κ2) is 4.13. The van der Waals surface area contributed by atoms with Gasteiger partial charge in [0, 0.05) is 12.1 Å². The van der Waals surface area contributed by atoms with Crippen LogP contribution in [0.25, 0.3) is 0 Å². The summed E-state index contributed by atoms with van der Waals surface area (Å²) in [5, 5.41) is 10.8. The lowest BCUT2D eigenvalue weighted by atomic mass is 9.75. The van der Waals surface area contributed by atoms with Crippen molar-refractivity contribution in [3.63, 3.8) is 0 Å². The molecule has 1 radical (unpaired) electrons. The number of rotatable bonds is 1. The van der Waals surface area contributed by atoms with Gasteiger partial charge in [0.05, 0.1) is 4.92 Å². The summed E-state index contributed by atoms with van der Waals surface area (Å²) in [4.78, 5) is 10.5. The summed E-state index contributed by atoms with van der Waals surface area (Å²) in [6.45, 7) is 12.5. The molecule has 0 aliphatic carbocycles. The Bertz CT molecular complexity index is 437. The monoisotopic (exact) mass is 234 g/mol. The van der Waals surface area contributed by atoms with E-state index in [1.165, 1.54) is 6.07 Å². The lowest BCUT2D eigenvalue weighted by Gasteiger charge is -2.29. The van der Waals surface area contributed by atoms with Crippen molar-refractivity contribution in [1.29, 1.82) is 0 Å². The van der Waals surface area contributed by atoms with Gasteiger partial charge in [0.2, 0.25) is 0 Å². The molecule has 1 aromatic rings. The van der Waals surface area contributed by atoms with Crippen molar-refractivity contribution in [2.45, 2.75) is 52.4 Å². The van der Waals surface area contributed by atoms with Crippen LogP contribution in [0.15, 0.2) is 12.1 Å². The van der Waals surface area contributed by atoms with Gasteiger partial charge in [-0.2, -0.15) is 0 Å². The quantitative estimate of drug-likeness (QED) is 0.544. The van der Waals surface area contributed by atoms with Crippen LogP contribution in [-0.4, -0.2) is 4.92 Å². The first kappa shape index (κ1) is 13.7. The van der Waals surface area contributed by atoms with Crippen LogP contribution in [0.1, 0.15) is 52.7 Å². The van der Waals surface area contributed by atoms with E-state index in [-0.39, 0.29) is 21.4 Å². The van der Waals surface area contributed by atoms with Gasteiger partial charge in [0.1, 0.15) is 0 Å². The van der Waals surface area contributed by atoms with Gasteiger partial charge in [0.15, 0.2) is 0 Å². The third-order valence-electron chi connectivity index (χ3n) is 2.69. The maximum absolute atomic E-state index is 10.8. The molecule has 0 saturated heterocycles. The molecule has 0 amide bonds. The normalized spacial score (nSPS) is 12.6. The number of non-ortho nitro benzene ring substituents is 1. The van der Waals surface area contributed by atoms with Crippen molar-refractivity contribution in [2.24, 2.45) is 0 Å². The highest BCUT2D eigenvalue weighted by Crippen LogP contribution is 2.35. The van der Waals surface area contributed by atoms with E-state index < -0.39 is 0 Å². The molecular formula is C14H20NO2. The molecule has 17 heavy (non-hydrogen) atoms. The highest BCUT2D eigenvalue weighted by atomic mass is 16.6. The Labute approximate surface area is 103 Å². The molecule has 93 valence electrons. The second-order valence-corrected chi connectivity index (χ2v) is 6.40. The van der Waals surface area contributed by atoms with Crippen LogP contribution >= 0.6 is 0 Å². The standard InChI is InChI=1S/C14H20NO2/c1-13(2,3)11-8-7-10(15(16)17)9-12(11)14(4,5)6/h7,9H,1-6H3. The molecule has 0 unspecified atom stereocenters. The zero-order valence-electron chi connectivity index (χ0n) is 11.4. The summed E-state index contributed by atoms with van der Waals surface area (Å²) in [5.41, 5.74) is 1.99. The van der Waals surface area contributed by atoms with Gasteiger partial charge in [-0.25, -0.2) is 0 Å². The predicted molar refractivity (Wildman–Crippen MR) is 69.3 cm³/mol. The van der Waals surface area contributed by atoms with Gasteiger partial charge >= 0.3 is 0 Å². The first-order chi connectivity index (χ1) is 7.53. The molecule has 1 aromatic carbocycles. The van der Waals surface area contributed by atoms with Gasteiger partial charge in [-0.05, 0) is 28.0 Å². The highest BCUT2D eigenvalue weighted by Gasteiger charge is 2.27. The van der Waals surface area contributed by atoms with Crippen LogP contribution in [0.3, 0.4) is 0 Å². The van der Waals surface area contributed by atoms with Crippen molar-refractivity contribution < 1.29 is 4.92 Å². The van der Waals surface area contributed by atoms with Crippen molar-refractivity contribution >= 4 is 5.69 Å². The van der Waals surface area contributed by atoms with Gasteiger partial charge in [-0.15, -0.1) is 0 Å². The zero-order chi connectivity index (χ0) is 13.4. The van der Waals surface area contributed by atoms with Crippen LogP contribution in [0, 0.1) is 16.2 Å². The minimum Gasteiger partial charge on any atom is -0.258 e. The van der Waals surface area contributed by atoms with Gasteiger partial charge in [-0.1, -0.05) is 41.5 Å². The van der Waals surface area contributed by atoms with E-state index in [1.807, 2.05) is 0 Å². The lowest BCUT2D eigenvalue weighted by molar-refractivity contribution is -0.385. The average Bonchev–Trinajstić information content (AvgIpc) is 2.14. The Hall–Kier alpha value is -1.38. The molecule has 0 spiro atoms. The zero-order valence-corrected chi connectivity index (χ0v) is 11.4. The molecule has 0 aliphatic rings. The molecule has 0 heterocycles. The van der Waals surface area contributed by atoms with Crippen LogP contribution in [0.4, 0.5) is 5.69 Å². The summed E-state index contributed by atoms with van der Waals surface area (Å²) < 4.78 is 0. The SMILES string of the molecule is CC(C)(C)c1[c]cc([N+](=O)[O-])cc1C(C)(C)C. The van der Waals surface area contributed by atoms with E-state index in [0.29, 0.717) is 0 Å². The first-order valence-corrected chi connectivity index (χ1v) is 5.74. The molecule has 0 fully saturated rings.